The van der Waals surface area contributed by atoms with E-state index in [0.29, 0.717) is 22.6 Å². The largest absolute Gasteiger partial charge is 0.396 e. The van der Waals surface area contributed by atoms with Gasteiger partial charge in [-0.2, -0.15) is 5.10 Å². The number of anilines is 2. The van der Waals surface area contributed by atoms with E-state index in [0.717, 1.165) is 5.69 Å². The number of aromatic nitrogens is 3. The van der Waals surface area contributed by atoms with E-state index in [-0.39, 0.29) is 5.91 Å². The van der Waals surface area contributed by atoms with Gasteiger partial charge in [-0.3, -0.25) is 14.5 Å². The second-order valence-electron chi connectivity index (χ2n) is 4.47. The van der Waals surface area contributed by atoms with Gasteiger partial charge in [0.15, 0.2) is 0 Å². The summed E-state index contributed by atoms with van der Waals surface area (Å²) in [7, 11) is 3.51. The Kier molecular flexibility index (Phi) is 3.25. The fraction of sp³-hybridized carbons (Fsp3) is 0.308. The minimum atomic E-state index is -0.124. The lowest BCUT2D eigenvalue weighted by atomic mass is 10.1. The molecule has 0 aliphatic heterocycles. The summed E-state index contributed by atoms with van der Waals surface area (Å²) >= 11 is 0. The summed E-state index contributed by atoms with van der Waals surface area (Å²) in [6, 6.07) is 1.72. The Morgan fingerprint density at radius 2 is 2.11 bits per heavy atom. The Morgan fingerprint density at radius 1 is 1.42 bits per heavy atom. The average molecular weight is 259 g/mol. The molecule has 100 valence electrons. The molecule has 0 aromatic carbocycles. The van der Waals surface area contributed by atoms with Gasteiger partial charge in [-0.25, -0.2) is 0 Å². The van der Waals surface area contributed by atoms with Crippen LogP contribution in [0, 0.1) is 13.8 Å². The van der Waals surface area contributed by atoms with Crippen LogP contribution in [-0.4, -0.2) is 27.7 Å². The van der Waals surface area contributed by atoms with Crippen LogP contribution in [0.3, 0.4) is 0 Å². The van der Waals surface area contributed by atoms with Gasteiger partial charge in [0.1, 0.15) is 0 Å². The van der Waals surface area contributed by atoms with Crippen LogP contribution in [0.4, 0.5) is 11.4 Å². The van der Waals surface area contributed by atoms with Crippen LogP contribution in [0.15, 0.2) is 18.5 Å². The molecule has 0 unspecified atom stereocenters. The number of amides is 1. The molecule has 6 nitrogen and oxygen atoms in total. The van der Waals surface area contributed by atoms with Crippen LogP contribution in [0.2, 0.25) is 0 Å². The van der Waals surface area contributed by atoms with Gasteiger partial charge in [0, 0.05) is 26.0 Å². The van der Waals surface area contributed by atoms with Crippen molar-refractivity contribution < 1.29 is 4.79 Å². The lowest BCUT2D eigenvalue weighted by Crippen LogP contribution is -2.28. The van der Waals surface area contributed by atoms with Crippen LogP contribution >= 0.6 is 0 Å². The molecule has 0 bridgehead atoms. The fourth-order valence-electron chi connectivity index (χ4n) is 2.07. The highest BCUT2D eigenvalue weighted by Gasteiger charge is 2.22. The van der Waals surface area contributed by atoms with Crippen molar-refractivity contribution >= 4 is 17.3 Å². The molecule has 2 aromatic rings. The molecule has 0 atom stereocenters. The van der Waals surface area contributed by atoms with Crippen molar-refractivity contribution in [2.75, 3.05) is 17.7 Å². The lowest BCUT2D eigenvalue weighted by molar-refractivity contribution is 0.0992. The maximum atomic E-state index is 12.5. The highest BCUT2D eigenvalue weighted by Crippen LogP contribution is 2.23. The van der Waals surface area contributed by atoms with Gasteiger partial charge < -0.3 is 10.6 Å². The van der Waals surface area contributed by atoms with Crippen molar-refractivity contribution in [2.24, 2.45) is 7.05 Å². The molecular weight excluding hydrogens is 242 g/mol. The second kappa shape index (κ2) is 4.72. The summed E-state index contributed by atoms with van der Waals surface area (Å²) in [5.41, 5.74) is 9.11. The summed E-state index contributed by atoms with van der Waals surface area (Å²) in [6.07, 6.45) is 3.14. The van der Waals surface area contributed by atoms with E-state index in [1.54, 1.807) is 24.0 Å². The molecular formula is C13H17N5O. The number of aryl methyl sites for hydroxylation is 2. The third kappa shape index (κ3) is 2.16. The SMILES string of the molecule is Cc1nn(C)c(C)c1C(=O)N(C)c1ccncc1N. The van der Waals surface area contributed by atoms with Gasteiger partial charge in [0.25, 0.3) is 5.91 Å². The number of pyridine rings is 1. The number of nitrogens with two attached hydrogens (primary N) is 1. The monoisotopic (exact) mass is 259 g/mol. The molecule has 1 amide bonds. The highest BCUT2D eigenvalue weighted by molar-refractivity contribution is 6.08. The lowest BCUT2D eigenvalue weighted by Gasteiger charge is -2.19. The van der Waals surface area contributed by atoms with Crippen LogP contribution in [0.25, 0.3) is 0 Å². The summed E-state index contributed by atoms with van der Waals surface area (Å²) < 4.78 is 1.70. The number of carbonyl (C=O) groups excluding carboxylic acids is 1. The fourth-order valence-corrected chi connectivity index (χ4v) is 2.07. The van der Waals surface area contributed by atoms with Crippen molar-refractivity contribution in [2.45, 2.75) is 13.8 Å². The molecule has 0 radical (unpaired) electrons. The number of hydrogen-bond donors (Lipinski definition) is 1. The number of hydrogen-bond acceptors (Lipinski definition) is 4. The van der Waals surface area contributed by atoms with Crippen molar-refractivity contribution in [3.8, 4) is 0 Å². The van der Waals surface area contributed by atoms with E-state index in [1.165, 1.54) is 11.1 Å². The molecule has 2 rings (SSSR count). The molecule has 0 fully saturated rings. The third-order valence-electron chi connectivity index (χ3n) is 3.22. The molecule has 0 saturated carbocycles. The normalized spacial score (nSPS) is 10.5. The topological polar surface area (TPSA) is 77.0 Å². The Labute approximate surface area is 111 Å². The zero-order valence-corrected chi connectivity index (χ0v) is 11.5. The van der Waals surface area contributed by atoms with Gasteiger partial charge in [-0.1, -0.05) is 0 Å². The molecule has 2 aromatic heterocycles. The quantitative estimate of drug-likeness (QED) is 0.881. The second-order valence-corrected chi connectivity index (χ2v) is 4.47. The summed E-state index contributed by atoms with van der Waals surface area (Å²) in [4.78, 5) is 18.0. The van der Waals surface area contributed by atoms with E-state index in [2.05, 4.69) is 10.1 Å². The Hall–Kier alpha value is -2.37. The molecule has 0 aliphatic rings. The van der Waals surface area contributed by atoms with Crippen molar-refractivity contribution in [1.82, 2.24) is 14.8 Å². The van der Waals surface area contributed by atoms with E-state index in [9.17, 15) is 4.79 Å². The van der Waals surface area contributed by atoms with Gasteiger partial charge >= 0.3 is 0 Å². The zero-order valence-electron chi connectivity index (χ0n) is 11.5. The zero-order chi connectivity index (χ0) is 14.2. The van der Waals surface area contributed by atoms with Gasteiger partial charge in [0.05, 0.1) is 28.8 Å². The van der Waals surface area contributed by atoms with Crippen LogP contribution in [-0.2, 0) is 7.05 Å². The third-order valence-corrected chi connectivity index (χ3v) is 3.22. The predicted octanol–water partition coefficient (Wildman–Crippen LogP) is 1.29. The van der Waals surface area contributed by atoms with Crippen LogP contribution in [0.1, 0.15) is 21.7 Å². The molecule has 19 heavy (non-hydrogen) atoms. The Balaban J connectivity index is 2.42. The first kappa shape index (κ1) is 13.1. The van der Waals surface area contributed by atoms with E-state index >= 15 is 0 Å². The van der Waals surface area contributed by atoms with E-state index in [1.807, 2.05) is 20.9 Å². The Bertz CT molecular complexity index is 632. The molecule has 2 heterocycles. The van der Waals surface area contributed by atoms with Gasteiger partial charge in [0.2, 0.25) is 0 Å². The number of carbonyl (C=O) groups is 1. The van der Waals surface area contributed by atoms with Gasteiger partial charge in [-0.05, 0) is 19.9 Å². The van der Waals surface area contributed by atoms with E-state index in [4.69, 9.17) is 5.73 Å². The number of nitrogens with zero attached hydrogens (tertiary/aromatic N) is 4. The van der Waals surface area contributed by atoms with Crippen molar-refractivity contribution in [3.63, 3.8) is 0 Å². The minimum absolute atomic E-state index is 0.124. The first-order valence-corrected chi connectivity index (χ1v) is 5.91. The smallest absolute Gasteiger partial charge is 0.261 e. The summed E-state index contributed by atoms with van der Waals surface area (Å²) in [5, 5.41) is 4.26. The number of nitrogen functional groups attached to an aromatic ring is 1. The summed E-state index contributed by atoms with van der Waals surface area (Å²) in [6.45, 7) is 3.70. The Morgan fingerprint density at radius 3 is 2.63 bits per heavy atom. The first-order chi connectivity index (χ1) is 8.93. The van der Waals surface area contributed by atoms with E-state index < -0.39 is 0 Å². The first-order valence-electron chi connectivity index (χ1n) is 5.91. The predicted molar refractivity (Wildman–Crippen MR) is 74.1 cm³/mol. The average Bonchev–Trinajstić information content (AvgIpc) is 2.62. The number of rotatable bonds is 2. The minimum Gasteiger partial charge on any atom is -0.396 e. The summed E-state index contributed by atoms with van der Waals surface area (Å²) in [5.74, 6) is -0.124. The molecule has 0 spiro atoms. The molecule has 6 heteroatoms. The van der Waals surface area contributed by atoms with Crippen molar-refractivity contribution in [3.05, 3.63) is 35.4 Å². The highest BCUT2D eigenvalue weighted by atomic mass is 16.2. The molecule has 0 saturated heterocycles. The maximum absolute atomic E-state index is 12.5. The molecule has 2 N–H and O–H groups in total. The van der Waals surface area contributed by atoms with Crippen LogP contribution in [0.5, 0.6) is 0 Å². The standard InChI is InChI=1S/C13H17N5O/c1-8-12(9(2)18(4)16-8)13(19)17(3)11-5-6-15-7-10(11)14/h5-7H,14H2,1-4H3. The molecule has 0 aliphatic carbocycles. The van der Waals surface area contributed by atoms with Gasteiger partial charge in [-0.15, -0.1) is 0 Å². The maximum Gasteiger partial charge on any atom is 0.261 e. The van der Waals surface area contributed by atoms with Crippen LogP contribution < -0.4 is 10.6 Å². The van der Waals surface area contributed by atoms with Crippen molar-refractivity contribution in [1.29, 1.82) is 0 Å².